The highest BCUT2D eigenvalue weighted by Crippen LogP contribution is 2.24. The zero-order valence-corrected chi connectivity index (χ0v) is 11.2. The molecule has 2 aromatic rings. The maximum absolute atomic E-state index is 13.6. The van der Waals surface area contributed by atoms with Gasteiger partial charge in [-0.3, -0.25) is 0 Å². The summed E-state index contributed by atoms with van der Waals surface area (Å²) >= 11 is 11.8. The molecule has 0 radical (unpaired) electrons. The molecular weight excluding hydrogens is 288 g/mol. The van der Waals surface area contributed by atoms with Crippen LogP contribution in [-0.2, 0) is 6.61 Å². The van der Waals surface area contributed by atoms with E-state index in [1.165, 1.54) is 12.1 Å². The van der Waals surface area contributed by atoms with E-state index in [0.717, 1.165) is 6.07 Å². The van der Waals surface area contributed by atoms with Crippen molar-refractivity contribution < 1.29 is 9.13 Å². The van der Waals surface area contributed by atoms with Crippen LogP contribution in [0.2, 0.25) is 10.0 Å². The zero-order chi connectivity index (χ0) is 13.8. The summed E-state index contributed by atoms with van der Waals surface area (Å²) in [4.78, 5) is 0. The summed E-state index contributed by atoms with van der Waals surface area (Å²) in [6.07, 6.45) is 0. The van der Waals surface area contributed by atoms with Crippen LogP contribution in [0.3, 0.4) is 0 Å². The van der Waals surface area contributed by atoms with E-state index in [1.54, 1.807) is 18.2 Å². The monoisotopic (exact) mass is 295 g/mol. The van der Waals surface area contributed by atoms with Crippen molar-refractivity contribution in [2.75, 3.05) is 0 Å². The zero-order valence-electron chi connectivity index (χ0n) is 9.66. The molecule has 0 unspecified atom stereocenters. The predicted molar refractivity (Wildman–Crippen MR) is 71.9 cm³/mol. The minimum Gasteiger partial charge on any atom is -0.486 e. The second kappa shape index (κ2) is 5.92. The van der Waals surface area contributed by atoms with E-state index < -0.39 is 5.82 Å². The summed E-state index contributed by atoms with van der Waals surface area (Å²) < 4.78 is 18.9. The molecule has 0 aliphatic heterocycles. The van der Waals surface area contributed by atoms with Crippen LogP contribution in [0.4, 0.5) is 4.39 Å². The van der Waals surface area contributed by atoms with Crippen molar-refractivity contribution in [3.8, 4) is 11.8 Å². The Kier molecular flexibility index (Phi) is 4.26. The molecule has 5 heteroatoms. The lowest BCUT2D eigenvalue weighted by atomic mass is 10.2. The van der Waals surface area contributed by atoms with E-state index in [2.05, 4.69) is 0 Å². The summed E-state index contributed by atoms with van der Waals surface area (Å²) in [5, 5.41) is 9.67. The van der Waals surface area contributed by atoms with Gasteiger partial charge in [0, 0.05) is 15.6 Å². The first-order valence-corrected chi connectivity index (χ1v) is 6.12. The van der Waals surface area contributed by atoms with Gasteiger partial charge >= 0.3 is 0 Å². The van der Waals surface area contributed by atoms with Gasteiger partial charge in [-0.05, 0) is 36.4 Å². The van der Waals surface area contributed by atoms with Crippen LogP contribution in [0.5, 0.6) is 5.75 Å². The molecule has 0 aliphatic carbocycles. The molecule has 2 aromatic carbocycles. The molecule has 96 valence electrons. The van der Waals surface area contributed by atoms with Crippen molar-refractivity contribution in [1.82, 2.24) is 0 Å². The second-order valence-corrected chi connectivity index (χ2v) is 4.63. The van der Waals surface area contributed by atoms with E-state index in [1.807, 2.05) is 6.07 Å². The first-order valence-electron chi connectivity index (χ1n) is 5.36. The Morgan fingerprint density at radius 2 is 1.95 bits per heavy atom. The number of hydrogen-bond donors (Lipinski definition) is 0. The van der Waals surface area contributed by atoms with Gasteiger partial charge in [0.15, 0.2) is 11.6 Å². The van der Waals surface area contributed by atoms with Crippen molar-refractivity contribution in [1.29, 1.82) is 5.26 Å². The predicted octanol–water partition coefficient (Wildman–Crippen LogP) is 4.58. The fraction of sp³-hybridized carbons (Fsp3) is 0.0714. The quantitative estimate of drug-likeness (QED) is 0.830. The van der Waals surface area contributed by atoms with Crippen LogP contribution in [0, 0.1) is 17.1 Å². The van der Waals surface area contributed by atoms with E-state index >= 15 is 0 Å². The molecule has 0 aromatic heterocycles. The van der Waals surface area contributed by atoms with Gasteiger partial charge in [-0.15, -0.1) is 0 Å². The average Bonchev–Trinajstić information content (AvgIpc) is 2.40. The number of ether oxygens (including phenoxy) is 1. The van der Waals surface area contributed by atoms with Crippen LogP contribution in [-0.4, -0.2) is 0 Å². The van der Waals surface area contributed by atoms with E-state index in [0.29, 0.717) is 15.6 Å². The lowest BCUT2D eigenvalue weighted by Gasteiger charge is -2.09. The molecule has 0 fully saturated rings. The van der Waals surface area contributed by atoms with Gasteiger partial charge < -0.3 is 4.74 Å². The summed E-state index contributed by atoms with van der Waals surface area (Å²) in [6, 6.07) is 10.8. The Bertz CT molecular complexity index is 652. The minimum atomic E-state index is -0.586. The Balaban J connectivity index is 2.15. The van der Waals surface area contributed by atoms with Gasteiger partial charge in [0.05, 0.1) is 11.6 Å². The van der Waals surface area contributed by atoms with Gasteiger partial charge in [0.1, 0.15) is 6.61 Å². The third kappa shape index (κ3) is 3.37. The summed E-state index contributed by atoms with van der Waals surface area (Å²) in [5.41, 5.74) is 0.906. The van der Waals surface area contributed by atoms with Crippen LogP contribution >= 0.6 is 23.2 Å². The molecule has 2 rings (SSSR count). The smallest absolute Gasteiger partial charge is 0.166 e. The number of nitrogens with zero attached hydrogens (tertiary/aromatic N) is 1. The van der Waals surface area contributed by atoms with Crippen LogP contribution in [0.1, 0.15) is 11.1 Å². The number of hydrogen-bond acceptors (Lipinski definition) is 2. The first kappa shape index (κ1) is 13.7. The van der Waals surface area contributed by atoms with Crippen molar-refractivity contribution in [3.63, 3.8) is 0 Å². The Labute approximate surface area is 119 Å². The SMILES string of the molecule is N#Cc1ccc(OCc2cc(Cl)ccc2Cl)c(F)c1. The summed E-state index contributed by atoms with van der Waals surface area (Å²) in [6.45, 7) is 0.0994. The summed E-state index contributed by atoms with van der Waals surface area (Å²) in [7, 11) is 0. The molecule has 0 aliphatic rings. The van der Waals surface area contributed by atoms with E-state index in [-0.39, 0.29) is 17.9 Å². The van der Waals surface area contributed by atoms with Gasteiger partial charge in [-0.25, -0.2) is 4.39 Å². The summed E-state index contributed by atoms with van der Waals surface area (Å²) in [5.74, 6) is -0.521. The fourth-order valence-electron chi connectivity index (χ4n) is 1.50. The Morgan fingerprint density at radius 3 is 2.63 bits per heavy atom. The third-order valence-electron chi connectivity index (χ3n) is 2.45. The number of rotatable bonds is 3. The molecule has 0 heterocycles. The molecule has 0 saturated carbocycles. The van der Waals surface area contributed by atoms with Gasteiger partial charge in [0.2, 0.25) is 0 Å². The molecular formula is C14H8Cl2FNO. The topological polar surface area (TPSA) is 33.0 Å². The third-order valence-corrected chi connectivity index (χ3v) is 3.06. The molecule has 0 atom stereocenters. The highest BCUT2D eigenvalue weighted by Gasteiger charge is 2.07. The molecule has 0 saturated heterocycles. The fourth-order valence-corrected chi connectivity index (χ4v) is 1.86. The van der Waals surface area contributed by atoms with Crippen LogP contribution in [0.15, 0.2) is 36.4 Å². The largest absolute Gasteiger partial charge is 0.486 e. The van der Waals surface area contributed by atoms with Gasteiger partial charge in [-0.1, -0.05) is 23.2 Å². The van der Waals surface area contributed by atoms with Crippen LogP contribution < -0.4 is 4.74 Å². The highest BCUT2D eigenvalue weighted by atomic mass is 35.5. The Hall–Kier alpha value is -1.76. The molecule has 2 nitrogen and oxygen atoms in total. The molecule has 0 bridgehead atoms. The van der Waals surface area contributed by atoms with Crippen molar-refractivity contribution in [2.24, 2.45) is 0 Å². The maximum atomic E-state index is 13.6. The standard InChI is InChI=1S/C14H8Cl2FNO/c15-11-2-3-12(16)10(6-11)8-19-14-4-1-9(7-18)5-13(14)17/h1-6H,8H2. The van der Waals surface area contributed by atoms with E-state index in [4.69, 9.17) is 33.2 Å². The number of benzene rings is 2. The second-order valence-electron chi connectivity index (χ2n) is 3.78. The molecule has 19 heavy (non-hydrogen) atoms. The first-order chi connectivity index (χ1) is 9.10. The molecule has 0 N–H and O–H groups in total. The van der Waals surface area contributed by atoms with Crippen LogP contribution in [0.25, 0.3) is 0 Å². The maximum Gasteiger partial charge on any atom is 0.166 e. The van der Waals surface area contributed by atoms with Crippen molar-refractivity contribution in [3.05, 3.63) is 63.4 Å². The Morgan fingerprint density at radius 1 is 1.16 bits per heavy atom. The number of halogens is 3. The number of nitriles is 1. The lowest BCUT2D eigenvalue weighted by molar-refractivity contribution is 0.290. The minimum absolute atomic E-state index is 0.0649. The van der Waals surface area contributed by atoms with Gasteiger partial charge in [-0.2, -0.15) is 5.26 Å². The highest BCUT2D eigenvalue weighted by molar-refractivity contribution is 6.33. The molecule has 0 spiro atoms. The lowest BCUT2D eigenvalue weighted by Crippen LogP contribution is -1.98. The molecule has 0 amide bonds. The van der Waals surface area contributed by atoms with Crippen molar-refractivity contribution >= 4 is 23.2 Å². The van der Waals surface area contributed by atoms with Crippen molar-refractivity contribution in [2.45, 2.75) is 6.61 Å². The normalized spacial score (nSPS) is 10.0. The van der Waals surface area contributed by atoms with E-state index in [9.17, 15) is 4.39 Å². The average molecular weight is 296 g/mol. The van der Waals surface area contributed by atoms with Gasteiger partial charge in [0.25, 0.3) is 0 Å².